The Bertz CT molecular complexity index is 842. The summed E-state index contributed by atoms with van der Waals surface area (Å²) in [7, 11) is 0. The van der Waals surface area contributed by atoms with Gasteiger partial charge in [-0.25, -0.2) is 0 Å². The Balaban J connectivity index is 1.38. The van der Waals surface area contributed by atoms with Gasteiger partial charge in [0.15, 0.2) is 0 Å². The normalized spacial score (nSPS) is 29.4. The van der Waals surface area contributed by atoms with Crippen LogP contribution in [0.25, 0.3) is 0 Å². The molecule has 0 radical (unpaired) electrons. The summed E-state index contributed by atoms with van der Waals surface area (Å²) in [5.41, 5.74) is 0.516. The van der Waals surface area contributed by atoms with Crippen LogP contribution in [-0.2, 0) is 9.53 Å². The van der Waals surface area contributed by atoms with Crippen molar-refractivity contribution in [1.29, 1.82) is 0 Å². The molecule has 3 fully saturated rings. The van der Waals surface area contributed by atoms with Gasteiger partial charge in [0.2, 0.25) is 5.91 Å². The fourth-order valence-electron chi connectivity index (χ4n) is 5.46. The maximum atomic E-state index is 13.5. The van der Waals surface area contributed by atoms with E-state index in [1.807, 2.05) is 0 Å². The molecule has 3 aliphatic heterocycles. The third-order valence-corrected chi connectivity index (χ3v) is 7.59. The highest BCUT2D eigenvalue weighted by Gasteiger charge is 2.37. The van der Waals surface area contributed by atoms with Crippen molar-refractivity contribution >= 4 is 35.0 Å². The summed E-state index contributed by atoms with van der Waals surface area (Å²) in [6.07, 6.45) is 4.21. The Labute approximate surface area is 200 Å². The molecule has 0 aromatic heterocycles. The van der Waals surface area contributed by atoms with E-state index in [-0.39, 0.29) is 36.0 Å². The molecule has 0 aliphatic carbocycles. The van der Waals surface area contributed by atoms with E-state index in [9.17, 15) is 9.59 Å². The van der Waals surface area contributed by atoms with Crippen molar-refractivity contribution < 1.29 is 14.3 Å². The van der Waals surface area contributed by atoms with Gasteiger partial charge in [0.1, 0.15) is 0 Å². The molecule has 3 saturated heterocycles. The SMILES string of the molecule is C[C@@H]1CN(C[C@@H]2CCCN2C(=O)[C@@H]2CCCN(C(=O)c3ccc(Cl)c(Cl)c3)C2)C[C@H](C)O1. The molecule has 8 heteroatoms. The lowest BCUT2D eigenvalue weighted by molar-refractivity contribution is -0.138. The van der Waals surface area contributed by atoms with Gasteiger partial charge < -0.3 is 14.5 Å². The number of piperidine rings is 1. The summed E-state index contributed by atoms with van der Waals surface area (Å²) in [6.45, 7) is 8.90. The first-order valence-corrected chi connectivity index (χ1v) is 12.5. The number of carbonyl (C=O) groups excluding carboxylic acids is 2. The average Bonchev–Trinajstić information content (AvgIpc) is 3.22. The zero-order valence-corrected chi connectivity index (χ0v) is 20.4. The zero-order valence-electron chi connectivity index (χ0n) is 18.9. The molecule has 0 unspecified atom stereocenters. The van der Waals surface area contributed by atoms with E-state index in [1.54, 1.807) is 23.1 Å². The van der Waals surface area contributed by atoms with Gasteiger partial charge in [-0.2, -0.15) is 0 Å². The highest BCUT2D eigenvalue weighted by molar-refractivity contribution is 6.42. The van der Waals surface area contributed by atoms with Gasteiger partial charge >= 0.3 is 0 Å². The van der Waals surface area contributed by atoms with Gasteiger partial charge in [-0.05, 0) is 57.7 Å². The molecule has 0 spiro atoms. The van der Waals surface area contributed by atoms with Crippen LogP contribution in [0.2, 0.25) is 10.0 Å². The Morgan fingerprint density at radius 2 is 1.72 bits per heavy atom. The average molecular weight is 482 g/mol. The molecule has 1 aromatic rings. The number of nitrogens with zero attached hydrogens (tertiary/aromatic N) is 3. The van der Waals surface area contributed by atoms with Crippen LogP contribution in [0.5, 0.6) is 0 Å². The number of hydrogen-bond acceptors (Lipinski definition) is 4. The number of rotatable bonds is 4. The zero-order chi connectivity index (χ0) is 22.8. The monoisotopic (exact) mass is 481 g/mol. The Kier molecular flexibility index (Phi) is 7.65. The second-order valence-corrected chi connectivity index (χ2v) is 10.3. The molecule has 0 bridgehead atoms. The van der Waals surface area contributed by atoms with E-state index < -0.39 is 0 Å². The third-order valence-electron chi connectivity index (χ3n) is 6.85. The Morgan fingerprint density at radius 3 is 2.44 bits per heavy atom. The third kappa shape index (κ3) is 5.41. The maximum absolute atomic E-state index is 13.5. The summed E-state index contributed by atoms with van der Waals surface area (Å²) < 4.78 is 5.86. The van der Waals surface area contributed by atoms with Crippen molar-refractivity contribution in [2.45, 2.75) is 57.8 Å². The van der Waals surface area contributed by atoms with Gasteiger partial charge in [-0.15, -0.1) is 0 Å². The number of likely N-dealkylation sites (tertiary alicyclic amines) is 2. The molecule has 6 nitrogen and oxygen atoms in total. The number of amides is 2. The summed E-state index contributed by atoms with van der Waals surface area (Å²) in [4.78, 5) is 32.8. The van der Waals surface area contributed by atoms with Crippen LogP contribution >= 0.6 is 23.2 Å². The Hall–Kier alpha value is -1.34. The molecule has 32 heavy (non-hydrogen) atoms. The fraction of sp³-hybridized carbons (Fsp3) is 0.667. The summed E-state index contributed by atoms with van der Waals surface area (Å²) in [5.74, 6) is -0.0255. The first-order chi connectivity index (χ1) is 15.3. The topological polar surface area (TPSA) is 53.1 Å². The van der Waals surface area contributed by atoms with Crippen LogP contribution < -0.4 is 0 Å². The first-order valence-electron chi connectivity index (χ1n) is 11.7. The molecule has 4 atom stereocenters. The predicted octanol–water partition coefficient (Wildman–Crippen LogP) is 3.95. The molecule has 3 aliphatic rings. The minimum atomic E-state index is -0.140. The number of halogens is 2. The van der Waals surface area contributed by atoms with E-state index in [0.717, 1.165) is 51.9 Å². The molecular formula is C24H33Cl2N3O3. The lowest BCUT2D eigenvalue weighted by Crippen LogP contribution is -2.53. The van der Waals surface area contributed by atoms with Crippen molar-refractivity contribution in [3.63, 3.8) is 0 Å². The molecular weight excluding hydrogens is 449 g/mol. The fourth-order valence-corrected chi connectivity index (χ4v) is 5.75. The van der Waals surface area contributed by atoms with E-state index in [2.05, 4.69) is 23.6 Å². The largest absolute Gasteiger partial charge is 0.373 e. The highest BCUT2D eigenvalue weighted by Crippen LogP contribution is 2.28. The van der Waals surface area contributed by atoms with Crippen molar-refractivity contribution in [1.82, 2.24) is 14.7 Å². The number of carbonyl (C=O) groups is 2. The number of ether oxygens (including phenoxy) is 1. The van der Waals surface area contributed by atoms with Gasteiger partial charge in [0.25, 0.3) is 5.91 Å². The van der Waals surface area contributed by atoms with Crippen LogP contribution in [0.1, 0.15) is 49.9 Å². The lowest BCUT2D eigenvalue weighted by Gasteiger charge is -2.39. The minimum Gasteiger partial charge on any atom is -0.373 e. The van der Waals surface area contributed by atoms with Crippen molar-refractivity contribution in [3.05, 3.63) is 33.8 Å². The van der Waals surface area contributed by atoms with Crippen LogP contribution in [-0.4, -0.2) is 84.0 Å². The molecule has 0 saturated carbocycles. The number of morpholine rings is 1. The number of benzene rings is 1. The second kappa shape index (κ2) is 10.3. The molecule has 176 valence electrons. The van der Waals surface area contributed by atoms with Gasteiger partial charge in [-0.1, -0.05) is 23.2 Å². The van der Waals surface area contributed by atoms with Gasteiger partial charge in [-0.3, -0.25) is 14.5 Å². The van der Waals surface area contributed by atoms with Crippen LogP contribution in [0.15, 0.2) is 18.2 Å². The summed E-state index contributed by atoms with van der Waals surface area (Å²) in [5, 5.41) is 0.799. The standard InChI is InChI=1S/C24H33Cl2N3O3/c1-16-12-27(13-17(2)32-16)15-20-6-4-10-29(20)24(31)19-5-3-9-28(14-19)23(30)18-7-8-21(25)22(26)11-18/h7-8,11,16-17,19-20H,3-6,9-10,12-15H2,1-2H3/t16-,17+,19-,20+/m1/s1. The lowest BCUT2D eigenvalue weighted by atomic mass is 9.95. The van der Waals surface area contributed by atoms with Gasteiger partial charge in [0, 0.05) is 50.9 Å². The molecule has 3 heterocycles. The summed E-state index contributed by atoms with van der Waals surface area (Å²) >= 11 is 12.1. The van der Waals surface area contributed by atoms with Crippen LogP contribution in [0, 0.1) is 5.92 Å². The van der Waals surface area contributed by atoms with E-state index in [1.165, 1.54) is 0 Å². The van der Waals surface area contributed by atoms with Crippen molar-refractivity contribution in [2.75, 3.05) is 39.3 Å². The van der Waals surface area contributed by atoms with Crippen LogP contribution in [0.4, 0.5) is 0 Å². The molecule has 0 N–H and O–H groups in total. The first kappa shape index (κ1) is 23.8. The van der Waals surface area contributed by atoms with E-state index in [0.29, 0.717) is 28.7 Å². The Morgan fingerprint density at radius 1 is 1.00 bits per heavy atom. The van der Waals surface area contributed by atoms with Gasteiger partial charge in [0.05, 0.1) is 28.2 Å². The minimum absolute atomic E-state index is 0.0877. The van der Waals surface area contributed by atoms with E-state index >= 15 is 0 Å². The maximum Gasteiger partial charge on any atom is 0.253 e. The second-order valence-electron chi connectivity index (χ2n) is 9.52. The smallest absolute Gasteiger partial charge is 0.253 e. The van der Waals surface area contributed by atoms with Crippen LogP contribution in [0.3, 0.4) is 0 Å². The summed E-state index contributed by atoms with van der Waals surface area (Å²) in [6, 6.07) is 5.20. The predicted molar refractivity (Wildman–Crippen MR) is 126 cm³/mol. The highest BCUT2D eigenvalue weighted by atomic mass is 35.5. The molecule has 1 aromatic carbocycles. The van der Waals surface area contributed by atoms with Crippen molar-refractivity contribution in [3.8, 4) is 0 Å². The van der Waals surface area contributed by atoms with Crippen molar-refractivity contribution in [2.24, 2.45) is 5.92 Å². The van der Waals surface area contributed by atoms with E-state index in [4.69, 9.17) is 27.9 Å². The molecule has 2 amide bonds. The number of hydrogen-bond donors (Lipinski definition) is 0. The quantitative estimate of drug-likeness (QED) is 0.653. The molecule has 4 rings (SSSR count).